The van der Waals surface area contributed by atoms with Crippen molar-refractivity contribution in [3.05, 3.63) is 63.3 Å². The molecule has 1 amide bonds. The second kappa shape index (κ2) is 6.38. The monoisotopic (exact) mass is 365 g/mol. The summed E-state index contributed by atoms with van der Waals surface area (Å²) in [6, 6.07) is 11.5. The zero-order valence-corrected chi connectivity index (χ0v) is 15.4. The average molecular weight is 365 g/mol. The van der Waals surface area contributed by atoms with Crippen LogP contribution in [0.5, 0.6) is 0 Å². The van der Waals surface area contributed by atoms with Crippen molar-refractivity contribution in [2.75, 3.05) is 5.32 Å². The number of aromatic nitrogens is 2. The Kier molecular flexibility index (Phi) is 4.07. The van der Waals surface area contributed by atoms with Gasteiger partial charge in [0.25, 0.3) is 5.91 Å². The molecule has 124 valence electrons. The Bertz CT molecular complexity index is 1080. The molecule has 0 fully saturated rings. The first kappa shape index (κ1) is 15.9. The maximum atomic E-state index is 12.7. The lowest BCUT2D eigenvalue weighted by Gasteiger charge is -2.05. The summed E-state index contributed by atoms with van der Waals surface area (Å²) in [4.78, 5) is 24.1. The summed E-state index contributed by atoms with van der Waals surface area (Å²) in [5, 5.41) is 6.41. The van der Waals surface area contributed by atoms with Gasteiger partial charge >= 0.3 is 0 Å². The van der Waals surface area contributed by atoms with Crippen molar-refractivity contribution in [3.8, 4) is 11.3 Å². The van der Waals surface area contributed by atoms with Gasteiger partial charge in [0, 0.05) is 32.3 Å². The normalized spacial score (nSPS) is 11.0. The van der Waals surface area contributed by atoms with E-state index in [-0.39, 0.29) is 5.91 Å². The van der Waals surface area contributed by atoms with E-state index in [0.29, 0.717) is 16.2 Å². The number of nitrogens with zero attached hydrogens (tertiary/aromatic N) is 2. The summed E-state index contributed by atoms with van der Waals surface area (Å²) in [6.07, 6.45) is 1.70. The number of thiazole rings is 1. The molecule has 0 atom stereocenters. The first-order valence-corrected chi connectivity index (χ1v) is 9.49. The molecular weight excluding hydrogens is 350 g/mol. The molecule has 0 aliphatic heterocycles. The maximum Gasteiger partial charge on any atom is 0.259 e. The minimum atomic E-state index is -0.191. The Labute approximate surface area is 153 Å². The number of para-hydroxylation sites is 1. The zero-order valence-electron chi connectivity index (χ0n) is 13.7. The van der Waals surface area contributed by atoms with Crippen LogP contribution < -0.4 is 5.32 Å². The SMILES string of the molecule is Cc1cc(-c2csc(NC(=O)c3cccc4cccnc34)n2)c(C)s1. The van der Waals surface area contributed by atoms with Crippen LogP contribution in [-0.4, -0.2) is 15.9 Å². The van der Waals surface area contributed by atoms with Gasteiger partial charge in [-0.15, -0.1) is 22.7 Å². The van der Waals surface area contributed by atoms with E-state index in [1.54, 1.807) is 23.6 Å². The summed E-state index contributed by atoms with van der Waals surface area (Å²) in [5.74, 6) is -0.191. The number of hydrogen-bond acceptors (Lipinski definition) is 5. The van der Waals surface area contributed by atoms with Crippen molar-refractivity contribution in [1.82, 2.24) is 9.97 Å². The van der Waals surface area contributed by atoms with Crippen molar-refractivity contribution in [1.29, 1.82) is 0 Å². The van der Waals surface area contributed by atoms with Crippen LogP contribution in [0.2, 0.25) is 0 Å². The number of thiophene rings is 1. The molecule has 3 heterocycles. The molecule has 4 aromatic rings. The first-order chi connectivity index (χ1) is 12.1. The number of nitrogens with one attached hydrogen (secondary N) is 1. The van der Waals surface area contributed by atoms with E-state index < -0.39 is 0 Å². The minimum absolute atomic E-state index is 0.191. The molecule has 0 unspecified atom stereocenters. The largest absolute Gasteiger partial charge is 0.298 e. The molecule has 0 aliphatic rings. The Morgan fingerprint density at radius 2 is 2.00 bits per heavy atom. The van der Waals surface area contributed by atoms with Crippen molar-refractivity contribution >= 4 is 44.6 Å². The van der Waals surface area contributed by atoms with Crippen LogP contribution >= 0.6 is 22.7 Å². The molecular formula is C19H15N3OS2. The second-order valence-corrected chi connectivity index (χ2v) is 8.02. The highest BCUT2D eigenvalue weighted by molar-refractivity contribution is 7.14. The molecule has 0 spiro atoms. The molecule has 3 aromatic heterocycles. The predicted octanol–water partition coefficient (Wildman–Crippen LogP) is 5.29. The summed E-state index contributed by atoms with van der Waals surface area (Å²) in [7, 11) is 0. The molecule has 0 saturated carbocycles. The Morgan fingerprint density at radius 3 is 2.80 bits per heavy atom. The number of fused-ring (bicyclic) bond motifs is 1. The van der Waals surface area contributed by atoms with Gasteiger partial charge in [-0.2, -0.15) is 0 Å². The molecule has 0 radical (unpaired) electrons. The van der Waals surface area contributed by atoms with E-state index in [0.717, 1.165) is 16.6 Å². The molecule has 0 saturated heterocycles. The van der Waals surface area contributed by atoms with E-state index in [1.165, 1.54) is 21.1 Å². The number of pyridine rings is 1. The Morgan fingerprint density at radius 1 is 1.16 bits per heavy atom. The van der Waals surface area contributed by atoms with Gasteiger partial charge in [-0.3, -0.25) is 15.1 Å². The number of anilines is 1. The number of benzene rings is 1. The average Bonchev–Trinajstić information content (AvgIpc) is 3.20. The van der Waals surface area contributed by atoms with Crippen molar-refractivity contribution in [2.24, 2.45) is 0 Å². The number of amides is 1. The summed E-state index contributed by atoms with van der Waals surface area (Å²) in [6.45, 7) is 4.18. The van der Waals surface area contributed by atoms with Crippen LogP contribution in [0.1, 0.15) is 20.1 Å². The third-order valence-corrected chi connectivity index (χ3v) is 5.64. The fourth-order valence-corrected chi connectivity index (χ4v) is 4.43. The second-order valence-electron chi connectivity index (χ2n) is 5.70. The molecule has 25 heavy (non-hydrogen) atoms. The lowest BCUT2D eigenvalue weighted by atomic mass is 10.1. The van der Waals surface area contributed by atoms with E-state index >= 15 is 0 Å². The van der Waals surface area contributed by atoms with Gasteiger partial charge in [0.05, 0.1) is 16.8 Å². The van der Waals surface area contributed by atoms with Gasteiger partial charge in [-0.1, -0.05) is 18.2 Å². The Balaban J connectivity index is 1.62. The topological polar surface area (TPSA) is 54.9 Å². The Hall–Kier alpha value is -2.57. The molecule has 4 rings (SSSR count). The van der Waals surface area contributed by atoms with Gasteiger partial charge in [-0.05, 0) is 32.0 Å². The number of rotatable bonds is 3. The summed E-state index contributed by atoms with van der Waals surface area (Å²) >= 11 is 3.19. The fraction of sp³-hybridized carbons (Fsp3) is 0.105. The highest BCUT2D eigenvalue weighted by atomic mass is 32.1. The molecule has 1 N–H and O–H groups in total. The quantitative estimate of drug-likeness (QED) is 0.537. The van der Waals surface area contributed by atoms with Gasteiger partial charge in [0.2, 0.25) is 0 Å². The van der Waals surface area contributed by atoms with Crippen LogP contribution in [-0.2, 0) is 0 Å². The van der Waals surface area contributed by atoms with E-state index in [2.05, 4.69) is 35.2 Å². The van der Waals surface area contributed by atoms with Crippen LogP contribution in [0, 0.1) is 13.8 Å². The minimum Gasteiger partial charge on any atom is -0.298 e. The lowest BCUT2D eigenvalue weighted by molar-refractivity contribution is 0.102. The van der Waals surface area contributed by atoms with Crippen LogP contribution in [0.25, 0.3) is 22.2 Å². The lowest BCUT2D eigenvalue weighted by Crippen LogP contribution is -2.12. The predicted molar refractivity (Wildman–Crippen MR) is 105 cm³/mol. The highest BCUT2D eigenvalue weighted by Gasteiger charge is 2.14. The van der Waals surface area contributed by atoms with Gasteiger partial charge in [0.1, 0.15) is 0 Å². The maximum absolute atomic E-state index is 12.7. The molecule has 6 heteroatoms. The number of hydrogen-bond donors (Lipinski definition) is 1. The van der Waals surface area contributed by atoms with Gasteiger partial charge < -0.3 is 0 Å². The first-order valence-electron chi connectivity index (χ1n) is 7.80. The van der Waals surface area contributed by atoms with Gasteiger partial charge in [0.15, 0.2) is 5.13 Å². The van der Waals surface area contributed by atoms with E-state index in [1.807, 2.05) is 29.6 Å². The van der Waals surface area contributed by atoms with Crippen LogP contribution in [0.4, 0.5) is 5.13 Å². The van der Waals surface area contributed by atoms with E-state index in [4.69, 9.17) is 0 Å². The number of aryl methyl sites for hydroxylation is 2. The summed E-state index contributed by atoms with van der Waals surface area (Å²) in [5.41, 5.74) is 3.28. The van der Waals surface area contributed by atoms with Gasteiger partial charge in [-0.25, -0.2) is 4.98 Å². The molecule has 4 nitrogen and oxygen atoms in total. The standard InChI is InChI=1S/C19H15N3OS2/c1-11-9-15(12(2)25-11)16-10-24-19(21-16)22-18(23)14-7-3-5-13-6-4-8-20-17(13)14/h3-10H,1-2H3,(H,21,22,23). The molecule has 0 bridgehead atoms. The van der Waals surface area contributed by atoms with Crippen LogP contribution in [0.15, 0.2) is 48.0 Å². The number of carbonyl (C=O) groups excluding carboxylic acids is 1. The van der Waals surface area contributed by atoms with Crippen LogP contribution in [0.3, 0.4) is 0 Å². The van der Waals surface area contributed by atoms with Crippen molar-refractivity contribution in [2.45, 2.75) is 13.8 Å². The third-order valence-electron chi connectivity index (χ3n) is 3.92. The molecule has 1 aromatic carbocycles. The smallest absolute Gasteiger partial charge is 0.259 e. The fourth-order valence-electron chi connectivity index (χ4n) is 2.79. The zero-order chi connectivity index (χ0) is 17.4. The van der Waals surface area contributed by atoms with E-state index in [9.17, 15) is 4.79 Å². The highest BCUT2D eigenvalue weighted by Crippen LogP contribution is 2.32. The van der Waals surface area contributed by atoms with Crippen molar-refractivity contribution in [3.63, 3.8) is 0 Å². The van der Waals surface area contributed by atoms with Crippen molar-refractivity contribution < 1.29 is 4.79 Å². The third kappa shape index (κ3) is 3.06. The molecule has 0 aliphatic carbocycles. The summed E-state index contributed by atoms with van der Waals surface area (Å²) < 4.78 is 0. The number of carbonyl (C=O) groups is 1.